The summed E-state index contributed by atoms with van der Waals surface area (Å²) in [7, 11) is 0. The van der Waals surface area contributed by atoms with E-state index in [-0.39, 0.29) is 0 Å². The standard InChI is InChI=1S/C21H27NO/c1-6-11-20-17(8-3)14-16-22(15-7-2)19-13-10-9-12-18(19)21(4,5)23-20/h6-13H,2-3,14-16H2,1,4-5H3/b11-6-,20-17-. The smallest absolute Gasteiger partial charge is 0.130 e. The van der Waals surface area contributed by atoms with Gasteiger partial charge in [0.05, 0.1) is 0 Å². The summed E-state index contributed by atoms with van der Waals surface area (Å²) in [6.45, 7) is 15.9. The van der Waals surface area contributed by atoms with Gasteiger partial charge in [-0.05, 0) is 44.9 Å². The second-order valence-corrected chi connectivity index (χ2v) is 6.21. The Hall–Kier alpha value is -2.22. The van der Waals surface area contributed by atoms with Crippen LogP contribution in [0.1, 0.15) is 32.8 Å². The SMILES string of the molecule is C=CCN1CC/C(C=C)=C(/C=C\C)OC(C)(C)c2ccccc21. The normalized spacial score (nSPS) is 20.9. The Balaban J connectivity index is 2.60. The number of hydrogen-bond donors (Lipinski definition) is 0. The van der Waals surface area contributed by atoms with Crippen molar-refractivity contribution in [3.8, 4) is 0 Å². The summed E-state index contributed by atoms with van der Waals surface area (Å²) in [5.74, 6) is 0.905. The summed E-state index contributed by atoms with van der Waals surface area (Å²) >= 11 is 0. The molecule has 0 unspecified atom stereocenters. The predicted octanol–water partition coefficient (Wildman–Crippen LogP) is 5.35. The van der Waals surface area contributed by atoms with Gasteiger partial charge >= 0.3 is 0 Å². The summed E-state index contributed by atoms with van der Waals surface area (Å²) in [5.41, 5.74) is 3.11. The number of hydrogen-bond acceptors (Lipinski definition) is 2. The van der Waals surface area contributed by atoms with Crippen LogP contribution in [0.4, 0.5) is 5.69 Å². The monoisotopic (exact) mass is 309 g/mol. The molecule has 1 aromatic rings. The number of rotatable bonds is 4. The number of fused-ring (bicyclic) bond motifs is 1. The topological polar surface area (TPSA) is 12.5 Å². The van der Waals surface area contributed by atoms with Gasteiger partial charge < -0.3 is 9.64 Å². The van der Waals surface area contributed by atoms with E-state index in [9.17, 15) is 0 Å². The molecule has 0 fully saturated rings. The zero-order valence-corrected chi connectivity index (χ0v) is 14.5. The first-order valence-electron chi connectivity index (χ1n) is 8.16. The highest BCUT2D eigenvalue weighted by atomic mass is 16.5. The van der Waals surface area contributed by atoms with Crippen molar-refractivity contribution in [2.24, 2.45) is 0 Å². The van der Waals surface area contributed by atoms with Crippen LogP contribution in [-0.2, 0) is 10.3 Å². The quantitative estimate of drug-likeness (QED) is 0.695. The molecule has 122 valence electrons. The summed E-state index contributed by atoms with van der Waals surface area (Å²) in [5, 5.41) is 0. The van der Waals surface area contributed by atoms with Gasteiger partial charge in [-0.25, -0.2) is 0 Å². The first-order valence-corrected chi connectivity index (χ1v) is 8.16. The van der Waals surface area contributed by atoms with E-state index in [1.54, 1.807) is 0 Å². The van der Waals surface area contributed by atoms with Crippen LogP contribution >= 0.6 is 0 Å². The van der Waals surface area contributed by atoms with E-state index in [0.717, 1.165) is 30.8 Å². The van der Waals surface area contributed by atoms with E-state index < -0.39 is 5.60 Å². The van der Waals surface area contributed by atoms with Crippen molar-refractivity contribution in [2.45, 2.75) is 32.8 Å². The minimum Gasteiger partial charge on any atom is -0.483 e. The average molecular weight is 309 g/mol. The lowest BCUT2D eigenvalue weighted by Gasteiger charge is -2.32. The molecule has 0 spiro atoms. The Morgan fingerprint density at radius 1 is 1.26 bits per heavy atom. The first-order chi connectivity index (χ1) is 11.0. The van der Waals surface area contributed by atoms with E-state index in [1.807, 2.05) is 31.2 Å². The maximum atomic E-state index is 6.42. The van der Waals surface area contributed by atoms with E-state index in [2.05, 4.69) is 56.2 Å². The van der Waals surface area contributed by atoms with E-state index >= 15 is 0 Å². The number of anilines is 1. The minimum absolute atomic E-state index is 0.427. The van der Waals surface area contributed by atoms with Gasteiger partial charge in [-0.2, -0.15) is 0 Å². The number of benzene rings is 1. The maximum Gasteiger partial charge on any atom is 0.130 e. The highest BCUT2D eigenvalue weighted by Gasteiger charge is 2.29. The summed E-state index contributed by atoms with van der Waals surface area (Å²) in [4.78, 5) is 2.36. The van der Waals surface area contributed by atoms with Crippen molar-refractivity contribution in [1.82, 2.24) is 0 Å². The van der Waals surface area contributed by atoms with Crippen LogP contribution in [-0.4, -0.2) is 13.1 Å². The zero-order chi connectivity index (χ0) is 16.9. The second kappa shape index (κ2) is 7.36. The van der Waals surface area contributed by atoms with Gasteiger partial charge in [0.25, 0.3) is 0 Å². The molecule has 0 atom stereocenters. The van der Waals surface area contributed by atoms with E-state index in [0.29, 0.717) is 0 Å². The maximum absolute atomic E-state index is 6.42. The van der Waals surface area contributed by atoms with Crippen LogP contribution in [0.25, 0.3) is 0 Å². The number of nitrogens with zero attached hydrogens (tertiary/aromatic N) is 1. The lowest BCUT2D eigenvalue weighted by Crippen LogP contribution is -2.28. The molecule has 2 heteroatoms. The van der Waals surface area contributed by atoms with Crippen LogP contribution in [0.15, 0.2) is 73.1 Å². The van der Waals surface area contributed by atoms with Crippen molar-refractivity contribution >= 4 is 5.69 Å². The molecule has 0 amide bonds. The second-order valence-electron chi connectivity index (χ2n) is 6.21. The molecule has 0 N–H and O–H groups in total. The van der Waals surface area contributed by atoms with Gasteiger partial charge in [-0.1, -0.05) is 43.0 Å². The number of para-hydroxylation sites is 1. The van der Waals surface area contributed by atoms with Gasteiger partial charge in [-0.15, -0.1) is 6.58 Å². The van der Waals surface area contributed by atoms with Crippen LogP contribution in [0.5, 0.6) is 0 Å². The summed E-state index contributed by atoms with van der Waals surface area (Å²) < 4.78 is 6.42. The van der Waals surface area contributed by atoms with Crippen molar-refractivity contribution in [2.75, 3.05) is 18.0 Å². The molecule has 0 radical (unpaired) electrons. The molecule has 1 aliphatic heterocycles. The third kappa shape index (κ3) is 3.76. The molecule has 1 heterocycles. The molecule has 1 aromatic carbocycles. The lowest BCUT2D eigenvalue weighted by atomic mass is 9.95. The molecular weight excluding hydrogens is 282 g/mol. The van der Waals surface area contributed by atoms with Gasteiger partial charge in [0.1, 0.15) is 11.4 Å². The molecule has 0 aromatic heterocycles. The van der Waals surface area contributed by atoms with Gasteiger partial charge in [0, 0.05) is 24.3 Å². The fourth-order valence-corrected chi connectivity index (χ4v) is 2.99. The van der Waals surface area contributed by atoms with Crippen molar-refractivity contribution < 1.29 is 4.74 Å². The molecule has 23 heavy (non-hydrogen) atoms. The molecule has 0 bridgehead atoms. The fraction of sp³-hybridized carbons (Fsp3) is 0.333. The van der Waals surface area contributed by atoms with Crippen molar-refractivity contribution in [3.63, 3.8) is 0 Å². The third-order valence-electron chi connectivity index (χ3n) is 4.14. The number of ether oxygens (including phenoxy) is 1. The largest absolute Gasteiger partial charge is 0.483 e. The Kier molecular flexibility index (Phi) is 5.49. The highest BCUT2D eigenvalue weighted by Crippen LogP contribution is 2.37. The Bertz CT molecular complexity index is 637. The average Bonchev–Trinajstić information content (AvgIpc) is 2.57. The molecule has 2 rings (SSSR count). The van der Waals surface area contributed by atoms with Gasteiger partial charge in [0.15, 0.2) is 0 Å². The van der Waals surface area contributed by atoms with Crippen LogP contribution in [0.2, 0.25) is 0 Å². The highest BCUT2D eigenvalue weighted by molar-refractivity contribution is 5.57. The van der Waals surface area contributed by atoms with Crippen molar-refractivity contribution in [1.29, 1.82) is 0 Å². The van der Waals surface area contributed by atoms with Crippen LogP contribution in [0, 0.1) is 0 Å². The molecule has 1 aliphatic rings. The number of allylic oxidation sites excluding steroid dienone is 3. The Labute approximate surface area is 140 Å². The van der Waals surface area contributed by atoms with Crippen LogP contribution in [0.3, 0.4) is 0 Å². The summed E-state index contributed by atoms with van der Waals surface area (Å²) in [6, 6.07) is 8.47. The van der Waals surface area contributed by atoms with E-state index in [4.69, 9.17) is 4.74 Å². The van der Waals surface area contributed by atoms with Gasteiger partial charge in [0.2, 0.25) is 0 Å². The zero-order valence-electron chi connectivity index (χ0n) is 14.5. The van der Waals surface area contributed by atoms with Crippen LogP contribution < -0.4 is 4.90 Å². The molecule has 0 saturated heterocycles. The minimum atomic E-state index is -0.427. The fourth-order valence-electron chi connectivity index (χ4n) is 2.99. The first kappa shape index (κ1) is 17.1. The lowest BCUT2D eigenvalue weighted by molar-refractivity contribution is 0.0383. The predicted molar refractivity (Wildman–Crippen MR) is 99.6 cm³/mol. The molecule has 0 saturated carbocycles. The molecule has 2 nitrogen and oxygen atoms in total. The third-order valence-corrected chi connectivity index (χ3v) is 4.14. The molecule has 0 aliphatic carbocycles. The Morgan fingerprint density at radius 2 is 2.00 bits per heavy atom. The van der Waals surface area contributed by atoms with Gasteiger partial charge in [-0.3, -0.25) is 0 Å². The molecular formula is C21H27NO. The van der Waals surface area contributed by atoms with Crippen molar-refractivity contribution in [3.05, 3.63) is 78.6 Å². The summed E-state index contributed by atoms with van der Waals surface area (Å²) in [6.07, 6.45) is 8.80. The Morgan fingerprint density at radius 3 is 2.65 bits per heavy atom. The van der Waals surface area contributed by atoms with E-state index in [1.165, 1.54) is 11.3 Å².